The molecule has 2 aromatic heterocycles. The Hall–Kier alpha value is -1.44. The minimum atomic E-state index is 0.488. The predicted molar refractivity (Wildman–Crippen MR) is 112 cm³/mol. The molecular weight excluding hydrogens is 362 g/mol. The van der Waals surface area contributed by atoms with Gasteiger partial charge in [0.05, 0.1) is 17.2 Å². The largest absolute Gasteiger partial charge is 0.357 e. The van der Waals surface area contributed by atoms with E-state index in [9.17, 15) is 0 Å². The highest BCUT2D eigenvalue weighted by Crippen LogP contribution is 2.19. The quantitative estimate of drug-likeness (QED) is 0.603. The van der Waals surface area contributed by atoms with Crippen molar-refractivity contribution in [2.24, 2.45) is 4.99 Å². The number of nitrogens with zero attached hydrogens (tertiary/aromatic N) is 4. The van der Waals surface area contributed by atoms with Gasteiger partial charge in [-0.2, -0.15) is 0 Å². The van der Waals surface area contributed by atoms with Gasteiger partial charge < -0.3 is 10.2 Å². The third-order valence-electron chi connectivity index (χ3n) is 4.42. The molecule has 1 saturated heterocycles. The third kappa shape index (κ3) is 5.28. The minimum absolute atomic E-state index is 0.488. The Morgan fingerprint density at radius 2 is 2.08 bits per heavy atom. The van der Waals surface area contributed by atoms with Crippen molar-refractivity contribution in [1.82, 2.24) is 20.1 Å². The van der Waals surface area contributed by atoms with Gasteiger partial charge in [-0.3, -0.25) is 4.90 Å². The molecule has 3 rings (SSSR count). The normalized spacial score (nSPS) is 16.5. The molecule has 0 amide bonds. The molecule has 7 heteroatoms. The monoisotopic (exact) mass is 391 g/mol. The van der Waals surface area contributed by atoms with E-state index < -0.39 is 0 Å². The first kappa shape index (κ1) is 19.3. The molecule has 0 aliphatic carbocycles. The summed E-state index contributed by atoms with van der Waals surface area (Å²) < 4.78 is 0. The zero-order valence-corrected chi connectivity index (χ0v) is 17.6. The summed E-state index contributed by atoms with van der Waals surface area (Å²) in [5, 5.41) is 8.94. The second-order valence-corrected chi connectivity index (χ2v) is 8.77. The Bertz CT molecular complexity index is 685. The Labute approximate surface area is 164 Å². The minimum Gasteiger partial charge on any atom is -0.357 e. The molecule has 3 heterocycles. The number of nitrogens with one attached hydrogen (secondary N) is 1. The van der Waals surface area contributed by atoms with E-state index in [0.717, 1.165) is 50.9 Å². The summed E-state index contributed by atoms with van der Waals surface area (Å²) >= 11 is 3.58. The fourth-order valence-electron chi connectivity index (χ4n) is 2.98. The van der Waals surface area contributed by atoms with E-state index in [-0.39, 0.29) is 0 Å². The first-order valence-corrected chi connectivity index (χ1v) is 11.1. The third-order valence-corrected chi connectivity index (χ3v) is 6.48. The van der Waals surface area contributed by atoms with E-state index in [1.54, 1.807) is 11.3 Å². The Kier molecular flexibility index (Phi) is 7.05. The van der Waals surface area contributed by atoms with Crippen LogP contribution in [0, 0.1) is 0 Å². The summed E-state index contributed by atoms with van der Waals surface area (Å²) in [6, 6.07) is 4.36. The van der Waals surface area contributed by atoms with Crippen molar-refractivity contribution in [2.75, 3.05) is 32.7 Å². The van der Waals surface area contributed by atoms with Crippen LogP contribution >= 0.6 is 22.7 Å². The van der Waals surface area contributed by atoms with Gasteiger partial charge in [-0.1, -0.05) is 19.9 Å². The number of rotatable bonds is 6. The zero-order chi connectivity index (χ0) is 18.4. The van der Waals surface area contributed by atoms with Gasteiger partial charge >= 0.3 is 0 Å². The van der Waals surface area contributed by atoms with Crippen LogP contribution in [0.25, 0.3) is 0 Å². The maximum Gasteiger partial charge on any atom is 0.194 e. The first-order chi connectivity index (χ1) is 12.7. The standard InChI is InChI=1S/C19H29N5S2/c1-4-20-19(21-12-16-14-26-18(22-16)15(2)3)24-9-7-23(8-10-24)13-17-6-5-11-25-17/h5-6,11,14-15H,4,7-10,12-13H2,1-3H3,(H,20,21). The molecule has 26 heavy (non-hydrogen) atoms. The molecule has 0 radical (unpaired) electrons. The smallest absolute Gasteiger partial charge is 0.194 e. The molecule has 1 fully saturated rings. The van der Waals surface area contributed by atoms with E-state index in [2.05, 4.69) is 58.8 Å². The number of guanidine groups is 1. The lowest BCUT2D eigenvalue weighted by Gasteiger charge is -2.36. The topological polar surface area (TPSA) is 43.8 Å². The number of hydrogen-bond acceptors (Lipinski definition) is 5. The maximum atomic E-state index is 4.84. The van der Waals surface area contributed by atoms with Crippen LogP contribution in [0.3, 0.4) is 0 Å². The lowest BCUT2D eigenvalue weighted by atomic mass is 10.2. The van der Waals surface area contributed by atoms with E-state index >= 15 is 0 Å². The van der Waals surface area contributed by atoms with Crippen molar-refractivity contribution in [3.63, 3.8) is 0 Å². The Morgan fingerprint density at radius 1 is 1.27 bits per heavy atom. The van der Waals surface area contributed by atoms with Gasteiger partial charge in [-0.25, -0.2) is 9.98 Å². The van der Waals surface area contributed by atoms with E-state index in [1.807, 2.05) is 11.3 Å². The van der Waals surface area contributed by atoms with Gasteiger partial charge in [0.1, 0.15) is 0 Å². The number of hydrogen-bond donors (Lipinski definition) is 1. The molecule has 1 aliphatic rings. The van der Waals surface area contributed by atoms with Gasteiger partial charge in [0, 0.05) is 55.4 Å². The van der Waals surface area contributed by atoms with Gasteiger partial charge in [0.2, 0.25) is 0 Å². The molecule has 0 bridgehead atoms. The summed E-state index contributed by atoms with van der Waals surface area (Å²) in [7, 11) is 0. The number of thiazole rings is 1. The fourth-order valence-corrected chi connectivity index (χ4v) is 4.56. The average Bonchev–Trinajstić information content (AvgIpc) is 3.31. The van der Waals surface area contributed by atoms with Crippen molar-refractivity contribution >= 4 is 28.6 Å². The predicted octanol–water partition coefficient (Wildman–Crippen LogP) is 3.61. The molecular formula is C19H29N5S2. The van der Waals surface area contributed by atoms with Crippen molar-refractivity contribution in [2.45, 2.75) is 39.8 Å². The summed E-state index contributed by atoms with van der Waals surface area (Å²) in [4.78, 5) is 15.9. The summed E-state index contributed by atoms with van der Waals surface area (Å²) in [6.45, 7) is 13.3. The van der Waals surface area contributed by atoms with E-state index in [4.69, 9.17) is 9.98 Å². The zero-order valence-electron chi connectivity index (χ0n) is 15.9. The molecule has 0 aromatic carbocycles. The highest BCUT2D eigenvalue weighted by atomic mass is 32.1. The Morgan fingerprint density at radius 3 is 2.69 bits per heavy atom. The van der Waals surface area contributed by atoms with E-state index in [1.165, 1.54) is 9.88 Å². The highest BCUT2D eigenvalue weighted by molar-refractivity contribution is 7.10. The van der Waals surface area contributed by atoms with Gasteiger partial charge in [0.25, 0.3) is 0 Å². The van der Waals surface area contributed by atoms with E-state index in [0.29, 0.717) is 12.5 Å². The molecule has 1 N–H and O–H groups in total. The summed E-state index contributed by atoms with van der Waals surface area (Å²) in [6.07, 6.45) is 0. The molecule has 0 saturated carbocycles. The number of thiophene rings is 1. The molecule has 142 valence electrons. The number of aliphatic imine (C=N–C) groups is 1. The summed E-state index contributed by atoms with van der Waals surface area (Å²) in [5.41, 5.74) is 1.07. The van der Waals surface area contributed by atoms with Crippen LogP contribution in [0.15, 0.2) is 27.9 Å². The maximum absolute atomic E-state index is 4.84. The number of aromatic nitrogens is 1. The SMILES string of the molecule is CCNC(=NCc1csc(C(C)C)n1)N1CCN(Cc2cccs2)CC1. The average molecular weight is 392 g/mol. The lowest BCUT2D eigenvalue weighted by molar-refractivity contribution is 0.173. The summed E-state index contributed by atoms with van der Waals surface area (Å²) in [5.74, 6) is 1.50. The Balaban J connectivity index is 1.55. The van der Waals surface area contributed by atoms with Crippen LogP contribution in [0.5, 0.6) is 0 Å². The van der Waals surface area contributed by atoms with Crippen LogP contribution in [0.4, 0.5) is 0 Å². The van der Waals surface area contributed by atoms with Crippen LogP contribution in [0.1, 0.15) is 42.3 Å². The molecule has 0 unspecified atom stereocenters. The van der Waals surface area contributed by atoms with Crippen LogP contribution < -0.4 is 5.32 Å². The molecule has 2 aromatic rings. The van der Waals surface area contributed by atoms with Gasteiger partial charge in [0.15, 0.2) is 5.96 Å². The molecule has 0 atom stereocenters. The van der Waals surface area contributed by atoms with Crippen LogP contribution in [-0.2, 0) is 13.1 Å². The van der Waals surface area contributed by atoms with Crippen molar-refractivity contribution < 1.29 is 0 Å². The number of piperazine rings is 1. The second-order valence-electron chi connectivity index (χ2n) is 6.84. The second kappa shape index (κ2) is 9.48. The first-order valence-electron chi connectivity index (χ1n) is 9.38. The van der Waals surface area contributed by atoms with Crippen molar-refractivity contribution in [3.05, 3.63) is 38.5 Å². The van der Waals surface area contributed by atoms with Crippen molar-refractivity contribution in [1.29, 1.82) is 0 Å². The van der Waals surface area contributed by atoms with Crippen LogP contribution in [0.2, 0.25) is 0 Å². The van der Waals surface area contributed by atoms with Crippen molar-refractivity contribution in [3.8, 4) is 0 Å². The molecule has 1 aliphatic heterocycles. The molecule has 0 spiro atoms. The van der Waals surface area contributed by atoms with Gasteiger partial charge in [-0.05, 0) is 18.4 Å². The fraction of sp³-hybridized carbons (Fsp3) is 0.579. The van der Waals surface area contributed by atoms with Crippen LogP contribution in [-0.4, -0.2) is 53.5 Å². The van der Waals surface area contributed by atoms with Gasteiger partial charge in [-0.15, -0.1) is 22.7 Å². The lowest BCUT2D eigenvalue weighted by Crippen LogP contribution is -2.52. The molecule has 5 nitrogen and oxygen atoms in total. The highest BCUT2D eigenvalue weighted by Gasteiger charge is 2.20.